The van der Waals surface area contributed by atoms with Crippen LogP contribution in [0.25, 0.3) is 0 Å². The number of alkyl halides is 3. The van der Waals surface area contributed by atoms with Crippen LogP contribution in [-0.2, 0) is 4.79 Å². The molecule has 90 valence electrons. The smallest absolute Gasteiger partial charge is 0.348 e. The highest BCUT2D eigenvalue weighted by Crippen LogP contribution is 2.30. The Morgan fingerprint density at radius 2 is 2.00 bits per heavy atom. The number of hydrogen-bond donors (Lipinski definition) is 0. The number of nitrogens with zero attached hydrogens (tertiary/aromatic N) is 1. The van der Waals surface area contributed by atoms with Crippen LogP contribution >= 0.6 is 34.8 Å². The van der Waals surface area contributed by atoms with Crippen molar-refractivity contribution in [1.29, 1.82) is 5.26 Å². The van der Waals surface area contributed by atoms with Gasteiger partial charge in [-0.15, -0.1) is 11.6 Å². The van der Waals surface area contributed by atoms with Crippen molar-refractivity contribution < 1.29 is 9.53 Å². The van der Waals surface area contributed by atoms with E-state index in [0.717, 1.165) is 0 Å². The summed E-state index contributed by atoms with van der Waals surface area (Å²) in [5.74, 6) is -0.529. The van der Waals surface area contributed by atoms with E-state index in [0.29, 0.717) is 5.75 Å². The quantitative estimate of drug-likeness (QED) is 0.486. The number of carbonyl (C=O) groups is 1. The average molecular weight is 293 g/mol. The lowest BCUT2D eigenvalue weighted by Gasteiger charge is -2.17. The Hall–Kier alpha value is -0.950. The standard InChI is InChI=1S/C11H8Cl3NO2/c12-8(7-15)6-11(13,14)10(16)17-9-4-2-1-3-5-9/h1-5,8H,6H2. The largest absolute Gasteiger partial charge is 0.424 e. The summed E-state index contributed by atoms with van der Waals surface area (Å²) in [4.78, 5) is 11.6. The maximum Gasteiger partial charge on any atom is 0.348 e. The average Bonchev–Trinajstić information content (AvgIpc) is 2.29. The molecule has 1 rings (SSSR count). The molecule has 1 atom stereocenters. The van der Waals surface area contributed by atoms with Gasteiger partial charge in [0.15, 0.2) is 0 Å². The Labute approximate surface area is 114 Å². The minimum Gasteiger partial charge on any atom is -0.424 e. The number of rotatable bonds is 4. The lowest BCUT2D eigenvalue weighted by molar-refractivity contribution is -0.135. The Balaban J connectivity index is 2.67. The number of para-hydroxylation sites is 1. The Morgan fingerprint density at radius 3 is 2.53 bits per heavy atom. The lowest BCUT2D eigenvalue weighted by atomic mass is 10.2. The number of carbonyl (C=O) groups excluding carboxylic acids is 1. The molecule has 3 nitrogen and oxygen atoms in total. The molecule has 0 aliphatic rings. The van der Waals surface area contributed by atoms with E-state index >= 15 is 0 Å². The summed E-state index contributed by atoms with van der Waals surface area (Å²) < 4.78 is 3.12. The van der Waals surface area contributed by atoms with Gasteiger partial charge in [-0.1, -0.05) is 41.4 Å². The minimum atomic E-state index is -1.84. The fraction of sp³-hybridized carbons (Fsp3) is 0.273. The number of hydrogen-bond acceptors (Lipinski definition) is 3. The third-order valence-electron chi connectivity index (χ3n) is 1.83. The Bertz CT molecular complexity index is 428. The summed E-state index contributed by atoms with van der Waals surface area (Å²) in [6, 6.07) is 10.1. The van der Waals surface area contributed by atoms with Crippen LogP contribution in [-0.4, -0.2) is 15.7 Å². The molecule has 0 fully saturated rings. The highest BCUT2D eigenvalue weighted by Gasteiger charge is 2.38. The zero-order chi connectivity index (χ0) is 12.9. The molecule has 0 radical (unpaired) electrons. The molecule has 1 aromatic carbocycles. The molecule has 0 amide bonds. The number of halogens is 3. The van der Waals surface area contributed by atoms with Crippen LogP contribution in [0.4, 0.5) is 0 Å². The molecule has 0 saturated carbocycles. The molecule has 0 bridgehead atoms. The zero-order valence-corrected chi connectivity index (χ0v) is 10.8. The van der Waals surface area contributed by atoms with Crippen LogP contribution in [0, 0.1) is 11.3 Å². The van der Waals surface area contributed by atoms with Gasteiger partial charge in [0, 0.05) is 6.42 Å². The van der Waals surface area contributed by atoms with Gasteiger partial charge < -0.3 is 4.74 Å². The van der Waals surface area contributed by atoms with Crippen molar-refractivity contribution in [3.05, 3.63) is 30.3 Å². The number of esters is 1. The first-order valence-corrected chi connectivity index (χ1v) is 5.84. The molecular weight excluding hydrogens is 284 g/mol. The third-order valence-corrected chi connectivity index (χ3v) is 2.70. The fourth-order valence-corrected chi connectivity index (χ4v) is 1.80. The summed E-state index contributed by atoms with van der Waals surface area (Å²) in [7, 11) is 0. The lowest BCUT2D eigenvalue weighted by Crippen LogP contribution is -2.33. The molecule has 0 spiro atoms. The second-order valence-electron chi connectivity index (χ2n) is 3.21. The van der Waals surface area contributed by atoms with Crippen LogP contribution in [0.3, 0.4) is 0 Å². The van der Waals surface area contributed by atoms with E-state index in [1.807, 2.05) is 0 Å². The first kappa shape index (κ1) is 14.1. The molecule has 0 aromatic heterocycles. The van der Waals surface area contributed by atoms with E-state index in [2.05, 4.69) is 0 Å². The topological polar surface area (TPSA) is 50.1 Å². The van der Waals surface area contributed by atoms with Crippen molar-refractivity contribution >= 4 is 40.8 Å². The molecule has 0 aliphatic heterocycles. The SMILES string of the molecule is N#CC(Cl)CC(Cl)(Cl)C(=O)Oc1ccccc1. The van der Waals surface area contributed by atoms with Crippen molar-refractivity contribution in [2.75, 3.05) is 0 Å². The second-order valence-corrected chi connectivity index (χ2v) is 5.22. The van der Waals surface area contributed by atoms with Crippen molar-refractivity contribution in [2.24, 2.45) is 0 Å². The Kier molecular flexibility index (Phi) is 5.07. The third kappa shape index (κ3) is 4.43. The van der Waals surface area contributed by atoms with Gasteiger partial charge in [-0.25, -0.2) is 4.79 Å². The molecule has 0 heterocycles. The molecule has 1 unspecified atom stereocenters. The molecule has 6 heteroatoms. The van der Waals surface area contributed by atoms with Crippen molar-refractivity contribution in [2.45, 2.75) is 16.1 Å². The summed E-state index contributed by atoms with van der Waals surface area (Å²) in [5.41, 5.74) is 0. The highest BCUT2D eigenvalue weighted by molar-refractivity contribution is 6.57. The summed E-state index contributed by atoms with van der Waals surface area (Å²) in [5, 5.41) is 7.57. The molecule has 17 heavy (non-hydrogen) atoms. The minimum absolute atomic E-state index is 0.208. The van der Waals surface area contributed by atoms with Crippen LogP contribution in [0.5, 0.6) is 5.75 Å². The van der Waals surface area contributed by atoms with Crippen LogP contribution in [0.15, 0.2) is 30.3 Å². The summed E-state index contributed by atoms with van der Waals surface area (Å²) in [6.45, 7) is 0. The van der Waals surface area contributed by atoms with Gasteiger partial charge in [0.1, 0.15) is 11.1 Å². The van der Waals surface area contributed by atoms with E-state index < -0.39 is 15.7 Å². The van der Waals surface area contributed by atoms with Gasteiger partial charge in [-0.3, -0.25) is 0 Å². The van der Waals surface area contributed by atoms with Gasteiger partial charge in [-0.05, 0) is 12.1 Å². The van der Waals surface area contributed by atoms with E-state index in [-0.39, 0.29) is 6.42 Å². The predicted octanol–water partition coefficient (Wildman–Crippen LogP) is 3.29. The van der Waals surface area contributed by atoms with Crippen LogP contribution < -0.4 is 4.74 Å². The first-order chi connectivity index (χ1) is 7.95. The van der Waals surface area contributed by atoms with E-state index in [1.165, 1.54) is 0 Å². The normalized spacial score (nSPS) is 12.6. The van der Waals surface area contributed by atoms with Gasteiger partial charge in [-0.2, -0.15) is 5.26 Å². The summed E-state index contributed by atoms with van der Waals surface area (Å²) in [6.07, 6.45) is -0.208. The van der Waals surface area contributed by atoms with Crippen molar-refractivity contribution in [3.63, 3.8) is 0 Å². The molecule has 0 aliphatic carbocycles. The number of benzene rings is 1. The molecule has 1 aromatic rings. The molecule has 0 saturated heterocycles. The highest BCUT2D eigenvalue weighted by atomic mass is 35.5. The number of ether oxygens (including phenoxy) is 1. The second kappa shape index (κ2) is 6.11. The molecule has 0 N–H and O–H groups in total. The predicted molar refractivity (Wildman–Crippen MR) is 66.4 cm³/mol. The van der Waals surface area contributed by atoms with Gasteiger partial charge >= 0.3 is 5.97 Å². The maximum absolute atomic E-state index is 11.6. The van der Waals surface area contributed by atoms with Crippen molar-refractivity contribution in [3.8, 4) is 11.8 Å². The van der Waals surface area contributed by atoms with Gasteiger partial charge in [0.25, 0.3) is 0 Å². The monoisotopic (exact) mass is 291 g/mol. The first-order valence-electron chi connectivity index (χ1n) is 4.64. The van der Waals surface area contributed by atoms with Gasteiger partial charge in [0.2, 0.25) is 4.33 Å². The van der Waals surface area contributed by atoms with Crippen LogP contribution in [0.1, 0.15) is 6.42 Å². The van der Waals surface area contributed by atoms with Crippen molar-refractivity contribution in [1.82, 2.24) is 0 Å². The van der Waals surface area contributed by atoms with E-state index in [4.69, 9.17) is 44.8 Å². The number of nitriles is 1. The van der Waals surface area contributed by atoms with Crippen LogP contribution in [0.2, 0.25) is 0 Å². The van der Waals surface area contributed by atoms with E-state index in [9.17, 15) is 4.79 Å². The van der Waals surface area contributed by atoms with Gasteiger partial charge in [0.05, 0.1) is 6.07 Å². The fourth-order valence-electron chi connectivity index (χ4n) is 1.02. The van der Waals surface area contributed by atoms with E-state index in [1.54, 1.807) is 36.4 Å². The summed E-state index contributed by atoms with van der Waals surface area (Å²) >= 11 is 17.1. The maximum atomic E-state index is 11.6. The zero-order valence-electron chi connectivity index (χ0n) is 8.57. The Morgan fingerprint density at radius 1 is 1.41 bits per heavy atom. The molecular formula is C11H8Cl3NO2.